The predicted molar refractivity (Wildman–Crippen MR) is 254 cm³/mol. The molecule has 10 heteroatoms. The Morgan fingerprint density at radius 1 is 0.429 bits per heavy atom. The van der Waals surface area contributed by atoms with Gasteiger partial charge in [-0.25, -0.2) is 9.97 Å². The highest BCUT2D eigenvalue weighted by Gasteiger charge is 2.03. The Hall–Kier alpha value is -8.50. The van der Waals surface area contributed by atoms with Crippen LogP contribution in [0.4, 0.5) is 0 Å². The number of hydrogen-bond donors (Lipinski definition) is 2. The molecule has 8 aromatic rings. The molecular weight excluding hydrogens is 785 g/mol. The summed E-state index contributed by atoms with van der Waals surface area (Å²) in [5.74, 6) is 0.357. The zero-order valence-corrected chi connectivity index (χ0v) is 35.3. The minimum absolute atomic E-state index is 0.179. The number of aromatic hydroxyl groups is 2. The maximum atomic E-state index is 11.7. The van der Waals surface area contributed by atoms with Gasteiger partial charge in [0, 0.05) is 67.1 Å². The predicted octanol–water partition coefficient (Wildman–Crippen LogP) is 10.6. The number of aryl methyl sites for hydroxylation is 3. The van der Waals surface area contributed by atoms with Crippen LogP contribution in [0.5, 0.6) is 11.5 Å². The maximum absolute atomic E-state index is 11.7. The molecule has 0 saturated heterocycles. The van der Waals surface area contributed by atoms with Gasteiger partial charge in [0.1, 0.15) is 22.9 Å². The van der Waals surface area contributed by atoms with Crippen molar-refractivity contribution >= 4 is 48.6 Å². The molecule has 63 heavy (non-hydrogen) atoms. The quantitative estimate of drug-likeness (QED) is 0.114. The van der Waals surface area contributed by atoms with Crippen molar-refractivity contribution in [2.45, 2.75) is 20.8 Å². The van der Waals surface area contributed by atoms with Crippen LogP contribution >= 0.6 is 0 Å². The lowest BCUT2D eigenvalue weighted by Crippen LogP contribution is -2.33. The number of benzene rings is 2. The molecule has 6 heterocycles. The lowest BCUT2D eigenvalue weighted by Gasteiger charge is -2.02. The van der Waals surface area contributed by atoms with Crippen molar-refractivity contribution in [2.24, 2.45) is 0 Å². The molecule has 0 aliphatic heterocycles. The summed E-state index contributed by atoms with van der Waals surface area (Å²) in [4.78, 5) is 16.7. The van der Waals surface area contributed by atoms with Gasteiger partial charge in [0.25, 0.3) is 0 Å². The number of pyridine rings is 6. The number of hydrogen-bond acceptors (Lipinski definition) is 8. The summed E-state index contributed by atoms with van der Waals surface area (Å²) in [6.07, 6.45) is 19.6. The molecule has 10 nitrogen and oxygen atoms in total. The molecule has 0 bridgehead atoms. The summed E-state index contributed by atoms with van der Waals surface area (Å²) >= 11 is 0. The van der Waals surface area contributed by atoms with E-state index in [1.54, 1.807) is 80.0 Å². The minimum atomic E-state index is 0.179. The average Bonchev–Trinajstić information content (AvgIpc) is 3.32. The van der Waals surface area contributed by atoms with Crippen molar-refractivity contribution in [1.29, 1.82) is 0 Å². The van der Waals surface area contributed by atoms with Crippen LogP contribution in [0.15, 0.2) is 176 Å². The fourth-order valence-corrected chi connectivity index (χ4v) is 5.47. The van der Waals surface area contributed by atoms with E-state index in [-0.39, 0.29) is 11.5 Å². The summed E-state index contributed by atoms with van der Waals surface area (Å²) in [5.41, 5.74) is 8.72. The van der Waals surface area contributed by atoms with Crippen molar-refractivity contribution < 1.29 is 19.7 Å². The third kappa shape index (κ3) is 15.9. The molecule has 2 aromatic carbocycles. The second-order valence-corrected chi connectivity index (χ2v) is 13.7. The van der Waals surface area contributed by atoms with E-state index in [0.717, 1.165) is 43.4 Å². The zero-order valence-electron chi connectivity index (χ0n) is 35.3. The van der Waals surface area contributed by atoms with Crippen LogP contribution in [0.1, 0.15) is 62.4 Å². The lowest BCUT2D eigenvalue weighted by molar-refractivity contribution is -0.614. The van der Waals surface area contributed by atoms with Gasteiger partial charge in [0.05, 0.1) is 11.4 Å². The average molecular weight is 833 g/mol. The maximum Gasteiger partial charge on any atom is 0.216 e. The summed E-state index contributed by atoms with van der Waals surface area (Å²) < 4.78 is 1.78. The van der Waals surface area contributed by atoms with Crippen LogP contribution in [-0.2, 0) is 0 Å². The third-order valence-corrected chi connectivity index (χ3v) is 8.79. The van der Waals surface area contributed by atoms with Crippen molar-refractivity contribution in [3.8, 4) is 11.5 Å². The third-order valence-electron chi connectivity index (χ3n) is 8.79. The molecule has 0 fully saturated rings. The van der Waals surface area contributed by atoms with Crippen molar-refractivity contribution in [1.82, 2.24) is 19.9 Å². The van der Waals surface area contributed by atoms with Crippen molar-refractivity contribution in [3.05, 3.63) is 249 Å². The van der Waals surface area contributed by atoms with Gasteiger partial charge < -0.3 is 20.6 Å². The summed E-state index contributed by atoms with van der Waals surface area (Å²) in [6, 6.07) is 48.8. The van der Waals surface area contributed by atoms with E-state index in [0.29, 0.717) is 28.5 Å². The van der Waals surface area contributed by atoms with E-state index in [1.807, 2.05) is 159 Å². The first-order chi connectivity index (χ1) is 30.6. The van der Waals surface area contributed by atoms with Crippen LogP contribution in [0, 0.1) is 31.2 Å². The Labute approximate surface area is 368 Å². The Morgan fingerprint density at radius 3 is 1.37 bits per heavy atom. The van der Waals surface area contributed by atoms with E-state index < -0.39 is 0 Å². The second kappa shape index (κ2) is 24.6. The van der Waals surface area contributed by atoms with E-state index >= 15 is 0 Å². The largest absolute Gasteiger partial charge is 0.618 e. The van der Waals surface area contributed by atoms with Crippen LogP contribution in [-0.4, -0.2) is 30.1 Å². The van der Waals surface area contributed by atoms with Gasteiger partial charge in [-0.2, -0.15) is 9.46 Å². The molecule has 2 N–H and O–H groups in total. The number of rotatable bonds is 8. The highest BCUT2D eigenvalue weighted by atomic mass is 16.5. The van der Waals surface area contributed by atoms with Gasteiger partial charge in [-0.15, -0.1) is 0 Å². The van der Waals surface area contributed by atoms with E-state index in [1.165, 1.54) is 6.20 Å². The molecule has 0 aliphatic carbocycles. The minimum Gasteiger partial charge on any atom is -0.618 e. The first kappa shape index (κ1) is 45.6. The Morgan fingerprint density at radius 2 is 0.889 bits per heavy atom. The van der Waals surface area contributed by atoms with Crippen LogP contribution in [0.2, 0.25) is 0 Å². The van der Waals surface area contributed by atoms with Gasteiger partial charge in [-0.3, -0.25) is 9.97 Å². The van der Waals surface area contributed by atoms with Crippen LogP contribution in [0.3, 0.4) is 0 Å². The molecule has 0 amide bonds. The van der Waals surface area contributed by atoms with Gasteiger partial charge in [0.2, 0.25) is 11.4 Å². The van der Waals surface area contributed by atoms with Crippen LogP contribution < -0.4 is 9.46 Å². The molecular formula is C53H48N6O4. The number of nitrogens with zero attached hydrogens (tertiary/aromatic N) is 6. The first-order valence-electron chi connectivity index (χ1n) is 20.0. The lowest BCUT2D eigenvalue weighted by atomic mass is 10.2. The molecule has 0 saturated carbocycles. The van der Waals surface area contributed by atoms with Gasteiger partial charge in [-0.05, 0) is 122 Å². The van der Waals surface area contributed by atoms with Gasteiger partial charge in [0.15, 0.2) is 11.9 Å². The summed E-state index contributed by atoms with van der Waals surface area (Å²) in [5, 5.41) is 42.1. The normalized spacial score (nSPS) is 10.8. The fourth-order valence-electron chi connectivity index (χ4n) is 5.47. The van der Waals surface area contributed by atoms with Gasteiger partial charge >= 0.3 is 0 Å². The highest BCUT2D eigenvalue weighted by Crippen LogP contribution is 2.18. The zero-order chi connectivity index (χ0) is 44.7. The molecule has 0 unspecified atom stereocenters. The molecule has 6 aromatic heterocycles. The summed E-state index contributed by atoms with van der Waals surface area (Å²) in [7, 11) is 0. The van der Waals surface area contributed by atoms with Gasteiger partial charge in [-0.1, -0.05) is 72.8 Å². The standard InChI is InChI=1S/C14H13NO.2C13H12N2O.C13H11NO/c1-12-6-5-9-14(15(12)16)11-10-13-7-3-2-4-8-13;2*1-10-5-8-13(16)12(15-10)7-6-11-4-2-3-9-14-11;15-14-11-5-4-8-13(14)10-9-12-6-2-1-3-7-12/h2-11H,1H3;2*2-9,16H,1H3;1-11H. The Balaban J connectivity index is 0.000000158. The fraction of sp³-hybridized carbons (Fsp3) is 0.0566. The molecule has 314 valence electrons. The highest BCUT2D eigenvalue weighted by molar-refractivity contribution is 5.70. The van der Waals surface area contributed by atoms with E-state index in [4.69, 9.17) is 0 Å². The van der Waals surface area contributed by atoms with Crippen molar-refractivity contribution in [3.63, 3.8) is 0 Å². The summed E-state index contributed by atoms with van der Waals surface area (Å²) in [6.45, 7) is 5.57. The SMILES string of the molecule is Cc1ccc(O)c(C=Cc2ccccn2)n1.Cc1ccc(O)c(C=Cc2ccccn2)n1.Cc1cccc(C=Cc2ccccc2)[n+]1[O-].[O-][n+]1ccccc1C=Cc1ccccc1. The Kier molecular flexibility index (Phi) is 17.8. The first-order valence-corrected chi connectivity index (χ1v) is 20.0. The molecule has 0 aliphatic rings. The molecule has 0 radical (unpaired) electrons. The topological polar surface area (TPSA) is 146 Å². The molecule has 8 rings (SSSR count). The smallest absolute Gasteiger partial charge is 0.216 e. The molecule has 0 spiro atoms. The van der Waals surface area contributed by atoms with Crippen LogP contribution in [0.25, 0.3) is 48.6 Å². The molecule has 0 atom stereocenters. The monoisotopic (exact) mass is 832 g/mol. The van der Waals surface area contributed by atoms with Crippen molar-refractivity contribution in [2.75, 3.05) is 0 Å². The van der Waals surface area contributed by atoms with E-state index in [2.05, 4.69) is 19.9 Å². The Bertz CT molecular complexity index is 2580. The second-order valence-electron chi connectivity index (χ2n) is 13.7. The van der Waals surface area contributed by atoms with E-state index in [9.17, 15) is 20.6 Å². The number of aromatic nitrogens is 6.